The summed E-state index contributed by atoms with van der Waals surface area (Å²) in [6.07, 6.45) is 4.89. The Hall–Kier alpha value is -2.89. The highest BCUT2D eigenvalue weighted by Crippen LogP contribution is 2.33. The molecule has 0 atom stereocenters. The van der Waals surface area contributed by atoms with Gasteiger partial charge in [-0.25, -0.2) is 9.37 Å². The average molecular weight is 340 g/mol. The number of nitrogens with one attached hydrogen (secondary N) is 1. The molecule has 130 valence electrons. The minimum Gasteiger partial charge on any atom is -0.366 e. The lowest BCUT2D eigenvalue weighted by molar-refractivity contribution is 0.1000. The fourth-order valence-electron chi connectivity index (χ4n) is 3.38. The second-order valence-electron chi connectivity index (χ2n) is 5.99. The minimum atomic E-state index is -0.494. The number of nitrogens with two attached hydrogens (primary N) is 1. The number of amides is 1. The molecule has 3 N–H and O–H groups in total. The number of halogens is 1. The van der Waals surface area contributed by atoms with Gasteiger partial charge >= 0.3 is 0 Å². The molecule has 0 bridgehead atoms. The van der Waals surface area contributed by atoms with Crippen molar-refractivity contribution < 1.29 is 9.18 Å². The van der Waals surface area contributed by atoms with Crippen LogP contribution in [0.4, 0.5) is 4.39 Å². The molecule has 0 saturated heterocycles. The fourth-order valence-corrected chi connectivity index (χ4v) is 3.38. The molecule has 1 aromatic carbocycles. The number of carbonyl (C=O) groups is 1. The number of aromatic amines is 1. The molecule has 3 rings (SSSR count). The summed E-state index contributed by atoms with van der Waals surface area (Å²) in [5.74, 6) is -0.829. The molecule has 0 fully saturated rings. The zero-order chi connectivity index (χ0) is 18.0. The van der Waals surface area contributed by atoms with Crippen LogP contribution in [-0.4, -0.2) is 20.4 Å². The Morgan fingerprint density at radius 1 is 1.40 bits per heavy atom. The number of imidazole rings is 1. The first-order chi connectivity index (χ1) is 12.0. The molecule has 0 aliphatic heterocycles. The smallest absolute Gasteiger partial charge is 0.251 e. The number of carbonyl (C=O) groups excluding carboxylic acids is 1. The van der Waals surface area contributed by atoms with Crippen LogP contribution in [0.2, 0.25) is 0 Å². The highest BCUT2D eigenvalue weighted by molar-refractivity contribution is 6.02. The van der Waals surface area contributed by atoms with Gasteiger partial charge in [-0.2, -0.15) is 0 Å². The summed E-state index contributed by atoms with van der Waals surface area (Å²) in [6, 6.07) is 6.29. The molecule has 0 spiro atoms. The lowest BCUT2D eigenvalue weighted by atomic mass is 9.99. The number of benzene rings is 1. The van der Waals surface area contributed by atoms with Gasteiger partial charge in [-0.1, -0.05) is 19.1 Å². The monoisotopic (exact) mass is 340 g/mol. The quantitative estimate of drug-likeness (QED) is 0.723. The number of aryl methyl sites for hydroxylation is 1. The van der Waals surface area contributed by atoms with E-state index in [2.05, 4.69) is 14.5 Å². The van der Waals surface area contributed by atoms with Gasteiger partial charge in [0.05, 0.1) is 11.9 Å². The summed E-state index contributed by atoms with van der Waals surface area (Å²) in [5.41, 5.74) is 10.3. The van der Waals surface area contributed by atoms with Gasteiger partial charge in [0, 0.05) is 41.8 Å². The molecule has 0 saturated carbocycles. The van der Waals surface area contributed by atoms with Crippen LogP contribution < -0.4 is 5.73 Å². The third kappa shape index (κ3) is 3.20. The van der Waals surface area contributed by atoms with Crippen molar-refractivity contribution in [3.63, 3.8) is 0 Å². The average Bonchev–Trinajstić information content (AvgIpc) is 3.18. The van der Waals surface area contributed by atoms with Gasteiger partial charge in [-0.05, 0) is 31.0 Å². The third-order valence-electron chi connectivity index (χ3n) is 4.49. The van der Waals surface area contributed by atoms with E-state index in [0.29, 0.717) is 24.1 Å². The maximum Gasteiger partial charge on any atom is 0.251 e. The van der Waals surface area contributed by atoms with Gasteiger partial charge in [0.25, 0.3) is 5.91 Å². The zero-order valence-corrected chi connectivity index (χ0v) is 14.3. The Balaban J connectivity index is 2.12. The number of hydrogen-bond donors (Lipinski definition) is 2. The van der Waals surface area contributed by atoms with E-state index in [1.54, 1.807) is 18.6 Å². The van der Waals surface area contributed by atoms with E-state index in [0.717, 1.165) is 29.1 Å². The molecule has 1 amide bonds. The number of aromatic nitrogens is 3. The first kappa shape index (κ1) is 17.0. The predicted molar refractivity (Wildman–Crippen MR) is 94.8 cm³/mol. The van der Waals surface area contributed by atoms with Crippen molar-refractivity contribution in [1.29, 1.82) is 0 Å². The highest BCUT2D eigenvalue weighted by Gasteiger charge is 2.24. The topological polar surface area (TPSA) is 76.7 Å². The molecule has 25 heavy (non-hydrogen) atoms. The van der Waals surface area contributed by atoms with E-state index in [9.17, 15) is 9.18 Å². The van der Waals surface area contributed by atoms with Crippen molar-refractivity contribution in [2.24, 2.45) is 5.73 Å². The van der Waals surface area contributed by atoms with Gasteiger partial charge in [0.1, 0.15) is 5.82 Å². The van der Waals surface area contributed by atoms with Crippen LogP contribution in [0.15, 0.2) is 36.8 Å². The molecule has 5 nitrogen and oxygen atoms in total. The van der Waals surface area contributed by atoms with Crippen LogP contribution in [0, 0.1) is 12.7 Å². The van der Waals surface area contributed by atoms with E-state index in [-0.39, 0.29) is 5.82 Å². The van der Waals surface area contributed by atoms with E-state index in [4.69, 9.17) is 5.73 Å². The van der Waals surface area contributed by atoms with Crippen molar-refractivity contribution in [3.8, 4) is 11.1 Å². The molecule has 2 aromatic heterocycles. The Bertz CT molecular complexity index is 897. The van der Waals surface area contributed by atoms with Crippen molar-refractivity contribution in [2.45, 2.75) is 33.2 Å². The van der Waals surface area contributed by atoms with Crippen LogP contribution in [-0.2, 0) is 19.4 Å². The predicted octanol–water partition coefficient (Wildman–Crippen LogP) is 3.23. The molecular formula is C19H21FN4O. The number of primary amides is 1. The largest absolute Gasteiger partial charge is 0.366 e. The first-order valence-corrected chi connectivity index (χ1v) is 8.27. The summed E-state index contributed by atoms with van der Waals surface area (Å²) < 4.78 is 15.8. The van der Waals surface area contributed by atoms with Gasteiger partial charge in [0.2, 0.25) is 0 Å². The lowest BCUT2D eigenvalue weighted by Crippen LogP contribution is -2.14. The summed E-state index contributed by atoms with van der Waals surface area (Å²) in [6.45, 7) is 4.59. The molecule has 0 aliphatic carbocycles. The zero-order valence-electron chi connectivity index (χ0n) is 14.3. The van der Waals surface area contributed by atoms with Gasteiger partial charge < -0.3 is 15.3 Å². The second-order valence-corrected chi connectivity index (χ2v) is 5.99. The van der Waals surface area contributed by atoms with Crippen LogP contribution in [0.1, 0.15) is 34.4 Å². The van der Waals surface area contributed by atoms with Crippen molar-refractivity contribution >= 4 is 5.91 Å². The van der Waals surface area contributed by atoms with Gasteiger partial charge in [-0.15, -0.1) is 0 Å². The standard InChI is InChI=1S/C19H21FN4O/c1-3-16-18(13-5-4-6-14(20)9-13)17(19(21)25)12(2)24(16)8-7-15-10-22-11-23-15/h4-6,9-11H,3,7-8H2,1-2H3,(H2,21,25)(H,22,23). The van der Waals surface area contributed by atoms with Crippen LogP contribution in [0.5, 0.6) is 0 Å². The maximum absolute atomic E-state index is 13.7. The van der Waals surface area contributed by atoms with Crippen molar-refractivity contribution in [1.82, 2.24) is 14.5 Å². The van der Waals surface area contributed by atoms with Crippen LogP contribution in [0.25, 0.3) is 11.1 Å². The van der Waals surface area contributed by atoms with E-state index in [1.807, 2.05) is 19.9 Å². The summed E-state index contributed by atoms with van der Waals surface area (Å²) in [5, 5.41) is 0. The lowest BCUT2D eigenvalue weighted by Gasteiger charge is -2.11. The van der Waals surface area contributed by atoms with E-state index < -0.39 is 5.91 Å². The summed E-state index contributed by atoms with van der Waals surface area (Å²) >= 11 is 0. The van der Waals surface area contributed by atoms with Gasteiger partial charge in [0.15, 0.2) is 0 Å². The summed E-state index contributed by atoms with van der Waals surface area (Å²) in [7, 11) is 0. The van der Waals surface area contributed by atoms with Crippen molar-refractivity contribution in [3.05, 3.63) is 65.3 Å². The fraction of sp³-hybridized carbons (Fsp3) is 0.263. The third-order valence-corrected chi connectivity index (χ3v) is 4.49. The number of rotatable bonds is 6. The number of nitrogens with zero attached hydrogens (tertiary/aromatic N) is 2. The number of hydrogen-bond acceptors (Lipinski definition) is 2. The van der Waals surface area contributed by atoms with Crippen molar-refractivity contribution in [2.75, 3.05) is 0 Å². The molecule has 6 heteroatoms. The van der Waals surface area contributed by atoms with E-state index >= 15 is 0 Å². The molecular weight excluding hydrogens is 319 g/mol. The summed E-state index contributed by atoms with van der Waals surface area (Å²) in [4.78, 5) is 19.2. The molecule has 3 aromatic rings. The maximum atomic E-state index is 13.7. The Labute approximate surface area is 145 Å². The second kappa shape index (κ2) is 6.93. The normalized spacial score (nSPS) is 11.0. The first-order valence-electron chi connectivity index (χ1n) is 8.27. The number of H-pyrrole nitrogens is 1. The Kier molecular flexibility index (Phi) is 4.70. The molecule has 2 heterocycles. The molecule has 0 unspecified atom stereocenters. The molecule has 0 aliphatic rings. The molecule has 0 radical (unpaired) electrons. The Morgan fingerprint density at radius 2 is 2.20 bits per heavy atom. The van der Waals surface area contributed by atoms with E-state index in [1.165, 1.54) is 12.1 Å². The SMILES string of the molecule is CCc1c(-c2cccc(F)c2)c(C(N)=O)c(C)n1CCc1cnc[nH]1. The Morgan fingerprint density at radius 3 is 2.80 bits per heavy atom. The highest BCUT2D eigenvalue weighted by atomic mass is 19.1. The minimum absolute atomic E-state index is 0.335. The van der Waals surface area contributed by atoms with Crippen LogP contribution >= 0.6 is 0 Å². The van der Waals surface area contributed by atoms with Crippen LogP contribution in [0.3, 0.4) is 0 Å². The van der Waals surface area contributed by atoms with Gasteiger partial charge in [-0.3, -0.25) is 4.79 Å².